The van der Waals surface area contributed by atoms with Crippen LogP contribution in [0.15, 0.2) is 35.7 Å². The number of fused-ring (bicyclic) bond motifs is 4. The molecular formula is C23H25NO7. The number of carbonyl (C=O) groups excluding carboxylic acids is 3. The summed E-state index contributed by atoms with van der Waals surface area (Å²) in [5.74, 6) is -1.50. The van der Waals surface area contributed by atoms with Gasteiger partial charge in [0.15, 0.2) is 12.0 Å². The molecule has 0 N–H and O–H groups in total. The summed E-state index contributed by atoms with van der Waals surface area (Å²) >= 11 is 0. The molecule has 0 spiro atoms. The van der Waals surface area contributed by atoms with Gasteiger partial charge in [0.25, 0.3) is 5.60 Å². The maximum absolute atomic E-state index is 13.2. The lowest BCUT2D eigenvalue weighted by Crippen LogP contribution is -2.60. The highest BCUT2D eigenvalue weighted by molar-refractivity contribution is 6.17. The van der Waals surface area contributed by atoms with Crippen LogP contribution >= 0.6 is 0 Å². The second-order valence-corrected chi connectivity index (χ2v) is 7.41. The normalized spacial score (nSPS) is 21.1. The van der Waals surface area contributed by atoms with Gasteiger partial charge in [-0.2, -0.15) is 0 Å². The second-order valence-electron chi connectivity index (χ2n) is 7.41. The van der Waals surface area contributed by atoms with Crippen LogP contribution < -0.4 is 4.74 Å². The number of hydrogen-bond acceptors (Lipinski definition) is 8. The highest BCUT2D eigenvalue weighted by Gasteiger charge is 2.62. The first-order valence-electron chi connectivity index (χ1n) is 10.4. The summed E-state index contributed by atoms with van der Waals surface area (Å²) in [6.45, 7) is 3.33. The summed E-state index contributed by atoms with van der Waals surface area (Å²) < 4.78 is 22.1. The average molecular weight is 427 g/mol. The van der Waals surface area contributed by atoms with Crippen molar-refractivity contribution in [2.75, 3.05) is 20.3 Å². The molecule has 31 heavy (non-hydrogen) atoms. The molecule has 1 aromatic rings. The molecule has 0 radical (unpaired) electrons. The van der Waals surface area contributed by atoms with Crippen LogP contribution in [0.1, 0.15) is 50.5 Å². The van der Waals surface area contributed by atoms with Crippen molar-refractivity contribution in [2.24, 2.45) is 0 Å². The first kappa shape index (κ1) is 21.1. The van der Waals surface area contributed by atoms with Gasteiger partial charge in [-0.25, -0.2) is 9.59 Å². The highest BCUT2D eigenvalue weighted by atomic mass is 16.6. The monoisotopic (exact) mass is 427 g/mol. The first-order valence-corrected chi connectivity index (χ1v) is 10.4. The largest absolute Gasteiger partial charge is 0.497 e. The lowest BCUT2D eigenvalue weighted by molar-refractivity contribution is -0.207. The van der Waals surface area contributed by atoms with E-state index in [1.54, 1.807) is 33.2 Å². The number of nitrogens with zero attached hydrogens (tertiary/aromatic N) is 1. The van der Waals surface area contributed by atoms with E-state index in [4.69, 9.17) is 18.9 Å². The summed E-state index contributed by atoms with van der Waals surface area (Å²) in [5.41, 5.74) is -0.0818. The zero-order valence-electron chi connectivity index (χ0n) is 17.8. The number of carbonyl (C=O) groups is 3. The Bertz CT molecular complexity index is 976. The zero-order chi connectivity index (χ0) is 22.2. The second kappa shape index (κ2) is 8.19. The van der Waals surface area contributed by atoms with Crippen LogP contribution in [0.5, 0.6) is 5.75 Å². The van der Waals surface area contributed by atoms with Gasteiger partial charge in [0.1, 0.15) is 5.75 Å². The first-order chi connectivity index (χ1) is 15.0. The molecule has 0 aromatic heterocycles. The van der Waals surface area contributed by atoms with Crippen LogP contribution in [0.2, 0.25) is 0 Å². The number of ether oxygens (including phenoxy) is 4. The van der Waals surface area contributed by atoms with E-state index in [2.05, 4.69) is 0 Å². The van der Waals surface area contributed by atoms with Crippen LogP contribution in [0.3, 0.4) is 0 Å². The summed E-state index contributed by atoms with van der Waals surface area (Å²) in [6, 6.07) is 5.46. The lowest BCUT2D eigenvalue weighted by atomic mass is 9.79. The third-order valence-electron chi connectivity index (χ3n) is 5.69. The van der Waals surface area contributed by atoms with E-state index < -0.39 is 23.8 Å². The number of hydrogen-bond donors (Lipinski definition) is 0. The fourth-order valence-corrected chi connectivity index (χ4v) is 4.35. The van der Waals surface area contributed by atoms with Crippen molar-refractivity contribution in [1.82, 2.24) is 4.90 Å². The number of Topliss-reactive ketones (excluding diaryl/α,β-unsaturated/α-hetero) is 1. The van der Waals surface area contributed by atoms with Gasteiger partial charge in [-0.3, -0.25) is 4.79 Å². The average Bonchev–Trinajstić information content (AvgIpc) is 2.78. The van der Waals surface area contributed by atoms with Crippen molar-refractivity contribution in [3.8, 4) is 5.75 Å². The molecule has 2 heterocycles. The van der Waals surface area contributed by atoms with Gasteiger partial charge in [0.05, 0.1) is 25.9 Å². The van der Waals surface area contributed by atoms with E-state index in [9.17, 15) is 14.4 Å². The predicted octanol–water partition coefficient (Wildman–Crippen LogP) is 2.88. The minimum absolute atomic E-state index is 0.0218. The van der Waals surface area contributed by atoms with Crippen molar-refractivity contribution in [1.29, 1.82) is 0 Å². The Labute approximate surface area is 180 Å². The van der Waals surface area contributed by atoms with Gasteiger partial charge in [-0.05, 0) is 50.5 Å². The minimum atomic E-state index is -2.26. The van der Waals surface area contributed by atoms with Crippen LogP contribution in [0.4, 0.5) is 0 Å². The SMILES string of the molecule is CCOC(=O)C1(C(=O)OCC)O[C@@H]2c3ccc(OC)cc3C=CN2C2=C1C(=O)CCC2. The third-order valence-corrected chi connectivity index (χ3v) is 5.69. The lowest BCUT2D eigenvalue weighted by Gasteiger charge is -2.48. The smallest absolute Gasteiger partial charge is 0.355 e. The van der Waals surface area contributed by atoms with Crippen molar-refractivity contribution in [3.05, 3.63) is 46.8 Å². The van der Waals surface area contributed by atoms with E-state index in [0.29, 0.717) is 24.3 Å². The molecule has 1 atom stereocenters. The molecule has 2 aliphatic heterocycles. The molecule has 8 nitrogen and oxygen atoms in total. The molecule has 8 heteroatoms. The van der Waals surface area contributed by atoms with Gasteiger partial charge in [0.2, 0.25) is 0 Å². The molecule has 164 valence electrons. The molecule has 0 saturated heterocycles. The minimum Gasteiger partial charge on any atom is -0.497 e. The molecule has 0 unspecified atom stereocenters. The van der Waals surface area contributed by atoms with Crippen molar-refractivity contribution in [2.45, 2.75) is 44.9 Å². The topological polar surface area (TPSA) is 91.4 Å². The Morgan fingerprint density at radius 3 is 2.52 bits per heavy atom. The number of methoxy groups -OCH3 is 1. The Morgan fingerprint density at radius 1 is 1.16 bits per heavy atom. The van der Waals surface area contributed by atoms with E-state index in [1.807, 2.05) is 23.1 Å². The summed E-state index contributed by atoms with van der Waals surface area (Å²) in [4.78, 5) is 41.3. The van der Waals surface area contributed by atoms with Gasteiger partial charge in [-0.15, -0.1) is 0 Å². The number of esters is 2. The van der Waals surface area contributed by atoms with Gasteiger partial charge in [0, 0.05) is 23.9 Å². The van der Waals surface area contributed by atoms with E-state index in [-0.39, 0.29) is 31.0 Å². The molecule has 0 amide bonds. The molecule has 1 aromatic carbocycles. The molecule has 0 bridgehead atoms. The Balaban J connectivity index is 1.94. The van der Waals surface area contributed by atoms with Gasteiger partial charge in [-0.1, -0.05) is 6.07 Å². The fourth-order valence-electron chi connectivity index (χ4n) is 4.35. The van der Waals surface area contributed by atoms with E-state index in [1.165, 1.54) is 0 Å². The molecule has 4 rings (SSSR count). The summed E-state index contributed by atoms with van der Waals surface area (Å²) in [5, 5.41) is 0. The maximum atomic E-state index is 13.2. The maximum Gasteiger partial charge on any atom is 0.355 e. The fraction of sp³-hybridized carbons (Fsp3) is 0.435. The van der Waals surface area contributed by atoms with Gasteiger partial charge >= 0.3 is 11.9 Å². The molecule has 1 aliphatic carbocycles. The number of ketones is 1. The summed E-state index contributed by atoms with van der Waals surface area (Å²) in [6.07, 6.45) is 4.26. The van der Waals surface area contributed by atoms with Crippen molar-refractivity contribution < 1.29 is 33.3 Å². The van der Waals surface area contributed by atoms with Crippen LogP contribution in [0, 0.1) is 0 Å². The van der Waals surface area contributed by atoms with E-state index in [0.717, 1.165) is 11.1 Å². The quantitative estimate of drug-likeness (QED) is 0.523. The van der Waals surface area contributed by atoms with Gasteiger partial charge < -0.3 is 23.8 Å². The number of allylic oxidation sites excluding steroid dienone is 1. The third kappa shape index (κ3) is 3.22. The number of benzene rings is 1. The van der Waals surface area contributed by atoms with Crippen molar-refractivity contribution in [3.63, 3.8) is 0 Å². The summed E-state index contributed by atoms with van der Waals surface area (Å²) in [7, 11) is 1.58. The molecule has 0 fully saturated rings. The molecule has 0 saturated carbocycles. The predicted molar refractivity (Wildman–Crippen MR) is 110 cm³/mol. The highest BCUT2D eigenvalue weighted by Crippen LogP contribution is 2.49. The van der Waals surface area contributed by atoms with E-state index >= 15 is 0 Å². The molecular weight excluding hydrogens is 402 g/mol. The van der Waals surface area contributed by atoms with Crippen LogP contribution in [0.25, 0.3) is 6.08 Å². The Hall–Kier alpha value is -3.13. The van der Waals surface area contributed by atoms with Crippen LogP contribution in [-0.2, 0) is 28.6 Å². The standard InChI is InChI=1S/C23H25NO7/c1-4-29-21(26)23(22(27)30-5-2)19-17(7-6-8-18(19)25)24-12-11-14-13-15(28-3)9-10-16(14)20(24)31-23/h9-13,20H,4-8H2,1-3H3/t20-/m1/s1. The number of rotatable bonds is 5. The zero-order valence-corrected chi connectivity index (χ0v) is 17.8. The van der Waals surface area contributed by atoms with Crippen LogP contribution in [-0.4, -0.2) is 48.5 Å². The van der Waals surface area contributed by atoms with Crippen molar-refractivity contribution >= 4 is 23.8 Å². The Morgan fingerprint density at radius 2 is 1.87 bits per heavy atom. The molecule has 3 aliphatic rings. The Kier molecular flexibility index (Phi) is 5.58.